The predicted octanol–water partition coefficient (Wildman–Crippen LogP) is 3.42. The van der Waals surface area contributed by atoms with Crippen molar-refractivity contribution in [3.05, 3.63) is 0 Å². The van der Waals surface area contributed by atoms with Crippen LogP contribution < -0.4 is 5.43 Å². The van der Waals surface area contributed by atoms with E-state index in [1.54, 1.807) is 0 Å². The molecule has 1 heterocycles. The van der Waals surface area contributed by atoms with E-state index in [1.165, 1.54) is 0 Å². The maximum Gasteiger partial charge on any atom is 0.0835 e. The lowest BCUT2D eigenvalue weighted by atomic mass is 10.4. The molecule has 0 bridgehead atoms. The summed E-state index contributed by atoms with van der Waals surface area (Å²) in [6.07, 6.45) is 0. The normalized spacial score (nSPS) is 16.8. The van der Waals surface area contributed by atoms with Gasteiger partial charge in [0.15, 0.2) is 0 Å². The van der Waals surface area contributed by atoms with Crippen LogP contribution in [0.25, 0.3) is 0 Å². The van der Waals surface area contributed by atoms with Crippen LogP contribution in [0.3, 0.4) is 0 Å². The van der Waals surface area contributed by atoms with Gasteiger partial charge in [0.25, 0.3) is 0 Å². The molecule has 12 heavy (non-hydrogen) atoms. The Bertz CT molecular complexity index is 64.2. The Balaban J connectivity index is -0.000000117. The standard InChI is InChI=1S/C3H7N3.3C2H6/c1-3-2-4-6-5-3;3*1-2/h3H,2H2,1H3,(H,4,5);3*1-2H3. The van der Waals surface area contributed by atoms with E-state index in [9.17, 15) is 0 Å². The molecule has 0 aromatic rings. The van der Waals surface area contributed by atoms with Crippen LogP contribution in [-0.4, -0.2) is 12.6 Å². The molecule has 1 aliphatic heterocycles. The van der Waals surface area contributed by atoms with Crippen molar-refractivity contribution >= 4 is 0 Å². The SMILES string of the molecule is CC.CC.CC.CC1CN=NN1. The zero-order chi connectivity index (χ0) is 10.4. The van der Waals surface area contributed by atoms with Crippen LogP contribution in [0.1, 0.15) is 48.5 Å². The summed E-state index contributed by atoms with van der Waals surface area (Å²) < 4.78 is 0. The zero-order valence-electron chi connectivity index (χ0n) is 9.68. The molecule has 0 aromatic carbocycles. The molecular formula is C9H25N3. The van der Waals surface area contributed by atoms with Crippen LogP contribution in [0.4, 0.5) is 0 Å². The highest BCUT2D eigenvalue weighted by atomic mass is 15.5. The van der Waals surface area contributed by atoms with Gasteiger partial charge in [-0.25, -0.2) is 0 Å². The monoisotopic (exact) mass is 175 g/mol. The van der Waals surface area contributed by atoms with E-state index in [4.69, 9.17) is 0 Å². The molecule has 0 spiro atoms. The topological polar surface area (TPSA) is 36.8 Å². The minimum absolute atomic E-state index is 0.463. The second kappa shape index (κ2) is 22.4. The third-order valence-electron chi connectivity index (χ3n) is 0.704. The lowest BCUT2D eigenvalue weighted by Crippen LogP contribution is -2.16. The van der Waals surface area contributed by atoms with Gasteiger partial charge in [-0.15, -0.1) is 0 Å². The molecule has 3 nitrogen and oxygen atoms in total. The molecule has 1 rings (SSSR count). The third-order valence-corrected chi connectivity index (χ3v) is 0.704. The van der Waals surface area contributed by atoms with Crippen LogP contribution in [0.2, 0.25) is 0 Å². The summed E-state index contributed by atoms with van der Waals surface area (Å²) in [7, 11) is 0. The lowest BCUT2D eigenvalue weighted by Gasteiger charge is -1.92. The van der Waals surface area contributed by atoms with E-state index in [-0.39, 0.29) is 0 Å². The van der Waals surface area contributed by atoms with E-state index in [2.05, 4.69) is 15.8 Å². The summed E-state index contributed by atoms with van der Waals surface area (Å²) in [5, 5.41) is 7.22. The first-order valence-corrected chi connectivity index (χ1v) is 5.01. The van der Waals surface area contributed by atoms with Crippen LogP contribution >= 0.6 is 0 Å². The zero-order valence-corrected chi connectivity index (χ0v) is 9.68. The summed E-state index contributed by atoms with van der Waals surface area (Å²) in [6.45, 7) is 14.9. The molecule has 0 saturated heterocycles. The summed E-state index contributed by atoms with van der Waals surface area (Å²) in [5.74, 6) is 0. The van der Waals surface area contributed by atoms with E-state index < -0.39 is 0 Å². The number of hydrogen-bond acceptors (Lipinski definition) is 3. The first-order valence-electron chi connectivity index (χ1n) is 5.01. The molecule has 0 saturated carbocycles. The molecule has 0 radical (unpaired) electrons. The average molecular weight is 175 g/mol. The maximum atomic E-state index is 3.68. The molecular weight excluding hydrogens is 150 g/mol. The van der Waals surface area contributed by atoms with Gasteiger partial charge in [0.05, 0.1) is 12.6 Å². The quantitative estimate of drug-likeness (QED) is 0.601. The van der Waals surface area contributed by atoms with Crippen LogP contribution in [0.5, 0.6) is 0 Å². The molecule has 1 aliphatic rings. The fraction of sp³-hybridized carbons (Fsp3) is 1.00. The highest BCUT2D eigenvalue weighted by Gasteiger charge is 2.00. The molecule has 0 fully saturated rings. The molecule has 76 valence electrons. The highest BCUT2D eigenvalue weighted by molar-refractivity contribution is 4.61. The number of nitrogens with zero attached hydrogens (tertiary/aromatic N) is 2. The Hall–Kier alpha value is -0.600. The van der Waals surface area contributed by atoms with Crippen molar-refractivity contribution in [2.75, 3.05) is 6.54 Å². The molecule has 0 aliphatic carbocycles. The molecule has 1 atom stereocenters. The van der Waals surface area contributed by atoms with Crippen molar-refractivity contribution in [1.82, 2.24) is 5.43 Å². The summed E-state index contributed by atoms with van der Waals surface area (Å²) >= 11 is 0. The fourth-order valence-corrected chi connectivity index (χ4v) is 0.344. The molecule has 3 heteroatoms. The molecule has 1 N–H and O–H groups in total. The van der Waals surface area contributed by atoms with Crippen molar-refractivity contribution in [2.45, 2.75) is 54.5 Å². The van der Waals surface area contributed by atoms with Gasteiger partial charge in [0.1, 0.15) is 0 Å². The van der Waals surface area contributed by atoms with E-state index in [1.807, 2.05) is 48.5 Å². The Morgan fingerprint density at radius 1 is 1.00 bits per heavy atom. The number of nitrogens with one attached hydrogen (secondary N) is 1. The Morgan fingerprint density at radius 2 is 1.42 bits per heavy atom. The van der Waals surface area contributed by atoms with Crippen molar-refractivity contribution in [2.24, 2.45) is 10.3 Å². The van der Waals surface area contributed by atoms with Crippen LogP contribution in [0.15, 0.2) is 10.3 Å². The van der Waals surface area contributed by atoms with Gasteiger partial charge in [0, 0.05) is 0 Å². The Morgan fingerprint density at radius 3 is 1.50 bits per heavy atom. The minimum atomic E-state index is 0.463. The Kier molecular flexibility index (Phi) is 32.7. The van der Waals surface area contributed by atoms with E-state index in [0.717, 1.165) is 6.54 Å². The first kappa shape index (κ1) is 17.5. The minimum Gasteiger partial charge on any atom is -0.287 e. The molecule has 0 aromatic heterocycles. The van der Waals surface area contributed by atoms with Gasteiger partial charge in [-0.3, -0.25) is 5.43 Å². The summed E-state index contributed by atoms with van der Waals surface area (Å²) in [4.78, 5) is 0. The van der Waals surface area contributed by atoms with Crippen LogP contribution in [-0.2, 0) is 0 Å². The lowest BCUT2D eigenvalue weighted by molar-refractivity contribution is 0.658. The van der Waals surface area contributed by atoms with E-state index >= 15 is 0 Å². The van der Waals surface area contributed by atoms with Gasteiger partial charge < -0.3 is 0 Å². The second-order valence-corrected chi connectivity index (χ2v) is 1.45. The number of hydrogen-bond donors (Lipinski definition) is 1. The van der Waals surface area contributed by atoms with Crippen molar-refractivity contribution in [3.63, 3.8) is 0 Å². The van der Waals surface area contributed by atoms with Crippen LogP contribution in [0, 0.1) is 0 Å². The van der Waals surface area contributed by atoms with Gasteiger partial charge in [-0.1, -0.05) is 46.8 Å². The summed E-state index contributed by atoms with van der Waals surface area (Å²) in [6, 6.07) is 0.463. The van der Waals surface area contributed by atoms with Crippen molar-refractivity contribution < 1.29 is 0 Å². The predicted molar refractivity (Wildman–Crippen MR) is 56.4 cm³/mol. The summed E-state index contributed by atoms with van der Waals surface area (Å²) in [5.41, 5.74) is 2.78. The van der Waals surface area contributed by atoms with Gasteiger partial charge in [-0.2, -0.15) is 5.11 Å². The smallest absolute Gasteiger partial charge is 0.0835 e. The van der Waals surface area contributed by atoms with Gasteiger partial charge in [-0.05, 0) is 6.92 Å². The maximum absolute atomic E-state index is 3.68. The van der Waals surface area contributed by atoms with Crippen molar-refractivity contribution in [1.29, 1.82) is 0 Å². The molecule has 1 unspecified atom stereocenters. The first-order chi connectivity index (χ1) is 5.89. The Labute approximate surface area is 77.6 Å². The van der Waals surface area contributed by atoms with E-state index in [0.29, 0.717) is 6.04 Å². The van der Waals surface area contributed by atoms with Gasteiger partial charge in [0.2, 0.25) is 0 Å². The van der Waals surface area contributed by atoms with Crippen molar-refractivity contribution in [3.8, 4) is 0 Å². The molecule has 0 amide bonds. The van der Waals surface area contributed by atoms with Gasteiger partial charge >= 0.3 is 0 Å². The number of rotatable bonds is 0. The second-order valence-electron chi connectivity index (χ2n) is 1.45. The largest absolute Gasteiger partial charge is 0.287 e. The fourth-order valence-electron chi connectivity index (χ4n) is 0.344. The average Bonchev–Trinajstić information content (AvgIpc) is 2.66. The highest BCUT2D eigenvalue weighted by Crippen LogP contribution is 1.89. The third kappa shape index (κ3) is 16.2.